The smallest absolute Gasteiger partial charge is 0.408 e. The van der Waals surface area contributed by atoms with Gasteiger partial charge in [-0.1, -0.05) is 65.8 Å². The molecule has 408 valence electrons. The molecule has 2 aliphatic heterocycles. The molecule has 0 saturated carbocycles. The Balaban J connectivity index is 0.000000171. The molecule has 0 fully saturated rings. The van der Waals surface area contributed by atoms with Crippen molar-refractivity contribution in [1.82, 2.24) is 54.8 Å². The van der Waals surface area contributed by atoms with E-state index in [1.165, 1.54) is 28.9 Å². The first-order valence-electron chi connectivity index (χ1n) is 25.2. The summed E-state index contributed by atoms with van der Waals surface area (Å²) in [6.45, 7) is 19.8. The second-order valence-corrected chi connectivity index (χ2v) is 23.9. The normalized spacial score (nSPS) is 15.1. The van der Waals surface area contributed by atoms with E-state index in [0.717, 1.165) is 66.2 Å². The number of aromatic carboxylic acids is 1. The van der Waals surface area contributed by atoms with E-state index >= 15 is 0 Å². The Hall–Kier alpha value is -7.79. The van der Waals surface area contributed by atoms with Crippen LogP contribution in [-0.4, -0.2) is 91.2 Å². The Morgan fingerprint density at radius 2 is 1.17 bits per heavy atom. The number of Topliss-reactive ketones (excluding diaryl/α,β-unsaturated/α-hetero) is 1. The number of nitrogens with one attached hydrogen (secondary N) is 3. The number of thiazole rings is 2. The van der Waals surface area contributed by atoms with E-state index in [1.54, 1.807) is 40.3 Å². The van der Waals surface area contributed by atoms with Gasteiger partial charge in [0.1, 0.15) is 10.5 Å². The highest BCUT2D eigenvalue weighted by Crippen LogP contribution is 2.36. The molecule has 10 rings (SSSR count). The summed E-state index contributed by atoms with van der Waals surface area (Å²) in [6, 6.07) is 15.8. The number of alkyl carbamates (subject to hydrolysis) is 1. The monoisotopic (exact) mass is 1100 g/mol. The Morgan fingerprint density at radius 1 is 0.667 bits per heavy atom. The van der Waals surface area contributed by atoms with E-state index in [9.17, 15) is 14.4 Å². The first-order chi connectivity index (χ1) is 36.9. The number of anilines is 4. The third-order valence-electron chi connectivity index (χ3n) is 11.9. The molecule has 20 nitrogen and oxygen atoms in total. The van der Waals surface area contributed by atoms with Gasteiger partial charge in [0.25, 0.3) is 0 Å². The molecule has 2 unspecified atom stereocenters. The third kappa shape index (κ3) is 15.0. The number of fused-ring (bicyclic) bond motifs is 2. The van der Waals surface area contributed by atoms with Crippen molar-refractivity contribution in [3.63, 3.8) is 0 Å². The fraction of sp³-hybridized carbons (Fsp3) is 0.375. The van der Waals surface area contributed by atoms with Gasteiger partial charge in [0.05, 0.1) is 88.7 Å². The van der Waals surface area contributed by atoms with Gasteiger partial charge in [-0.25, -0.2) is 39.5 Å². The molecule has 22 heteroatoms. The number of hydrogen-bond acceptors (Lipinski definition) is 18. The number of nitrogens with zero attached hydrogens (tertiary/aromatic N) is 10. The summed E-state index contributed by atoms with van der Waals surface area (Å²) in [6.07, 6.45) is 13.7. The van der Waals surface area contributed by atoms with Gasteiger partial charge in [-0.3, -0.25) is 14.2 Å². The molecule has 2 aromatic carbocycles. The highest BCUT2D eigenvalue weighted by Gasteiger charge is 2.28. The minimum Gasteiger partial charge on any atom is -0.477 e. The zero-order valence-corrected chi connectivity index (χ0v) is 47.2. The summed E-state index contributed by atoms with van der Waals surface area (Å²) in [5.41, 5.74) is 8.76. The van der Waals surface area contributed by atoms with Crippen LogP contribution in [0.25, 0.3) is 22.5 Å². The average molecular weight is 1100 g/mol. The molecule has 2 aliphatic rings. The van der Waals surface area contributed by atoms with Crippen LogP contribution in [0, 0.1) is 0 Å². The van der Waals surface area contributed by atoms with Crippen molar-refractivity contribution in [3.05, 3.63) is 140 Å². The second-order valence-electron chi connectivity index (χ2n) is 21.8. The Bertz CT molecular complexity index is 3400. The number of carboxylic acid groups (broad SMARTS) is 1. The predicted molar refractivity (Wildman–Crippen MR) is 300 cm³/mol. The number of hydrogen-bond donors (Lipinski definition) is 4. The molecule has 0 saturated heterocycles. The molecule has 2 atom stereocenters. The molecule has 8 heterocycles. The summed E-state index contributed by atoms with van der Waals surface area (Å²) >= 11 is 2.73. The number of ether oxygens (including phenoxy) is 3. The minimum absolute atomic E-state index is 0.0219. The van der Waals surface area contributed by atoms with Crippen molar-refractivity contribution < 1.29 is 33.7 Å². The molecule has 0 aliphatic carbocycles. The van der Waals surface area contributed by atoms with Crippen LogP contribution in [0.1, 0.15) is 132 Å². The van der Waals surface area contributed by atoms with Crippen molar-refractivity contribution >= 4 is 63.8 Å². The van der Waals surface area contributed by atoms with E-state index in [-0.39, 0.29) is 28.6 Å². The highest BCUT2D eigenvalue weighted by atomic mass is 32.1. The Kier molecular flexibility index (Phi) is 17.2. The third-order valence-corrected chi connectivity index (χ3v) is 14.8. The van der Waals surface area contributed by atoms with Crippen LogP contribution >= 0.6 is 22.7 Å². The maximum atomic E-state index is 13.0. The second kappa shape index (κ2) is 23.8. The topological polar surface area (TPSA) is 248 Å². The van der Waals surface area contributed by atoms with Gasteiger partial charge in [-0.15, -0.1) is 22.7 Å². The van der Waals surface area contributed by atoms with Crippen LogP contribution in [0.2, 0.25) is 0 Å². The maximum absolute atomic E-state index is 13.0. The van der Waals surface area contributed by atoms with Crippen LogP contribution in [0.5, 0.6) is 0 Å². The average Bonchev–Trinajstić information content (AvgIpc) is 4.24. The maximum Gasteiger partial charge on any atom is 0.408 e. The van der Waals surface area contributed by atoms with E-state index in [4.69, 9.17) is 19.3 Å². The quantitative estimate of drug-likeness (QED) is 0.0879. The lowest BCUT2D eigenvalue weighted by atomic mass is 9.87. The summed E-state index contributed by atoms with van der Waals surface area (Å²) in [4.78, 5) is 63.2. The minimum atomic E-state index is -0.900. The number of rotatable bonds is 11. The number of carbonyl (C=O) groups excluding carboxylic acids is 2. The van der Waals surface area contributed by atoms with Gasteiger partial charge >= 0.3 is 12.1 Å². The van der Waals surface area contributed by atoms with Gasteiger partial charge in [0.15, 0.2) is 5.78 Å². The Morgan fingerprint density at radius 3 is 1.64 bits per heavy atom. The molecule has 0 bridgehead atoms. The number of carboxylic acids is 1. The SMILES string of the molecule is CC(C)(C)c1ncc(C(=O)O)s1.Cn1cc(Nc2nccc(-c3ccc4c(c3)COCC4CC(=O)c3cnc(C(C)(C)C)s3)n2)cn1.Cn1cc(Nc2nccc(-c3ccc4c(c3)COCC4NC(=O)OC(C)(C)C)n2)cn1. The summed E-state index contributed by atoms with van der Waals surface area (Å²) in [5.74, 6) is 0.234. The number of benzene rings is 2. The molecule has 0 spiro atoms. The fourth-order valence-corrected chi connectivity index (χ4v) is 9.95. The zero-order chi connectivity index (χ0) is 55.9. The van der Waals surface area contributed by atoms with Gasteiger partial charge in [-0.05, 0) is 67.3 Å². The molecule has 0 radical (unpaired) electrons. The van der Waals surface area contributed by atoms with Crippen molar-refractivity contribution in [1.29, 1.82) is 0 Å². The van der Waals surface area contributed by atoms with Crippen molar-refractivity contribution in [2.75, 3.05) is 23.8 Å². The standard InChI is InChI=1S/C26H28N6O2S.C22H26N6O3.C8H11NO2S/c1-26(2,3)24-28-12-23(35-24)22(33)10-18-15-34-14-17-9-16(5-6-20(17)18)21-7-8-27-25(31-21)30-19-11-29-32(4)13-19;1-22(2,3)31-21(29)27-19-13-30-12-15-9-14(5-6-17(15)19)18-7-8-23-20(26-18)25-16-10-24-28(4)11-16;1-8(2,3)7-9-4-5(12-7)6(10)11/h5-9,11-13,18H,10,14-15H2,1-4H3,(H,27,30,31);5-11,19H,12-13H2,1-4H3,(H,27,29)(H,23,25,26);4H,1-3H3,(H,10,11). The molecule has 6 aromatic heterocycles. The van der Waals surface area contributed by atoms with Crippen LogP contribution < -0.4 is 16.0 Å². The van der Waals surface area contributed by atoms with Crippen molar-refractivity contribution in [2.45, 2.75) is 110 Å². The lowest BCUT2D eigenvalue weighted by Crippen LogP contribution is -2.38. The summed E-state index contributed by atoms with van der Waals surface area (Å²) in [7, 11) is 3.71. The van der Waals surface area contributed by atoms with E-state index < -0.39 is 17.7 Å². The number of amides is 1. The summed E-state index contributed by atoms with van der Waals surface area (Å²) in [5, 5.41) is 28.0. The molecule has 4 N–H and O–H groups in total. The van der Waals surface area contributed by atoms with Crippen LogP contribution in [0.15, 0.2) is 98.1 Å². The van der Waals surface area contributed by atoms with Crippen molar-refractivity contribution in [2.24, 2.45) is 14.1 Å². The first kappa shape index (κ1) is 56.4. The van der Waals surface area contributed by atoms with Crippen molar-refractivity contribution in [3.8, 4) is 22.5 Å². The lowest BCUT2D eigenvalue weighted by molar-refractivity contribution is 0.0390. The van der Waals surface area contributed by atoms with Gasteiger partial charge in [0, 0.05) is 79.4 Å². The van der Waals surface area contributed by atoms with Crippen LogP contribution in [-0.2, 0) is 52.3 Å². The molecule has 78 heavy (non-hydrogen) atoms. The lowest BCUT2D eigenvalue weighted by Gasteiger charge is -2.28. The number of carbonyl (C=O) groups is 3. The van der Waals surface area contributed by atoms with E-state index in [0.29, 0.717) is 54.5 Å². The van der Waals surface area contributed by atoms with Gasteiger partial charge in [0.2, 0.25) is 11.9 Å². The Labute approximate surface area is 461 Å². The zero-order valence-electron chi connectivity index (χ0n) is 45.6. The van der Waals surface area contributed by atoms with Crippen LogP contribution in [0.4, 0.5) is 28.1 Å². The number of aryl methyl sites for hydroxylation is 2. The predicted octanol–water partition coefficient (Wildman–Crippen LogP) is 11.1. The molecular weight excluding hydrogens is 1030 g/mol. The fourth-order valence-electron chi connectivity index (χ4n) is 8.22. The highest BCUT2D eigenvalue weighted by molar-refractivity contribution is 7.14. The summed E-state index contributed by atoms with van der Waals surface area (Å²) < 4.78 is 20.4. The van der Waals surface area contributed by atoms with Crippen LogP contribution in [0.3, 0.4) is 0 Å². The van der Waals surface area contributed by atoms with Gasteiger partial charge in [-0.2, -0.15) is 10.2 Å². The number of aromatic nitrogens is 10. The molecule has 8 aromatic rings. The first-order valence-corrected chi connectivity index (χ1v) is 26.9. The van der Waals surface area contributed by atoms with Gasteiger partial charge < -0.3 is 35.3 Å². The van der Waals surface area contributed by atoms with E-state index in [2.05, 4.69) is 95.0 Å². The molecule has 1 amide bonds. The van der Waals surface area contributed by atoms with E-state index in [1.807, 2.05) is 98.4 Å². The molecular formula is C56H65N13O7S2. The largest absolute Gasteiger partial charge is 0.477 e. The number of ketones is 1.